The third-order valence-corrected chi connectivity index (χ3v) is 5.32. The first-order chi connectivity index (χ1) is 9.22. The minimum absolute atomic E-state index is 0.0108. The predicted octanol–water partition coefficient (Wildman–Crippen LogP) is 1.17. The highest BCUT2D eigenvalue weighted by Gasteiger charge is 2.33. The fraction of sp³-hybridized carbons (Fsp3) is 0.727. The second kappa shape index (κ2) is 5.64. The van der Waals surface area contributed by atoms with Crippen molar-refractivity contribution in [3.63, 3.8) is 0 Å². The van der Waals surface area contributed by atoms with E-state index in [1.54, 1.807) is 0 Å². The number of hydrogen-bond donors (Lipinski definition) is 0. The molecule has 2 saturated heterocycles. The van der Waals surface area contributed by atoms with E-state index in [1.165, 1.54) is 23.1 Å². The molecule has 0 aromatic carbocycles. The molecule has 1 aromatic heterocycles. The summed E-state index contributed by atoms with van der Waals surface area (Å²) in [6, 6.07) is 0. The average molecular weight is 301 g/mol. The van der Waals surface area contributed by atoms with Gasteiger partial charge in [0.25, 0.3) is 0 Å². The summed E-state index contributed by atoms with van der Waals surface area (Å²) in [5.41, 5.74) is 0. The van der Waals surface area contributed by atoms with Crippen LogP contribution in [-0.4, -0.2) is 53.8 Å². The Morgan fingerprint density at radius 2 is 2.16 bits per heavy atom. The molecule has 3 heterocycles. The van der Waals surface area contributed by atoms with Crippen LogP contribution in [0, 0.1) is 0 Å². The van der Waals surface area contributed by atoms with E-state index in [0.717, 1.165) is 42.2 Å². The average Bonchev–Trinajstić information content (AvgIpc) is 2.99. The molecule has 2 fully saturated rings. The van der Waals surface area contributed by atoms with E-state index in [9.17, 15) is 4.79 Å². The molecule has 104 valence electrons. The molecule has 3 rings (SSSR count). The molecule has 6 nitrogen and oxygen atoms in total. The number of hydrogen-bond acceptors (Lipinski definition) is 8. The van der Waals surface area contributed by atoms with E-state index in [0.29, 0.717) is 0 Å². The third kappa shape index (κ3) is 3.01. The molecule has 8 heteroatoms. The van der Waals surface area contributed by atoms with Crippen LogP contribution in [0.4, 0.5) is 5.13 Å². The lowest BCUT2D eigenvalue weighted by Gasteiger charge is -2.25. The van der Waals surface area contributed by atoms with Gasteiger partial charge in [-0.2, -0.15) is 0 Å². The quantitative estimate of drug-likeness (QED) is 0.776. The normalized spacial score (nSPS) is 27.6. The van der Waals surface area contributed by atoms with Crippen LogP contribution in [0.25, 0.3) is 0 Å². The summed E-state index contributed by atoms with van der Waals surface area (Å²) in [6.07, 6.45) is 0.757. The van der Waals surface area contributed by atoms with E-state index in [2.05, 4.69) is 15.1 Å². The standard InChI is InChI=1S/C11H15N3O3S2/c1-7-6-8(9(15)17-7)18-11-13-12-10(19-11)14-2-4-16-5-3-14/h7-8H,2-6H2,1H3. The molecule has 2 atom stereocenters. The van der Waals surface area contributed by atoms with Gasteiger partial charge >= 0.3 is 5.97 Å². The van der Waals surface area contributed by atoms with E-state index < -0.39 is 0 Å². The summed E-state index contributed by atoms with van der Waals surface area (Å²) in [5, 5.41) is 9.12. The van der Waals surface area contributed by atoms with Gasteiger partial charge in [0.15, 0.2) is 4.34 Å². The maximum atomic E-state index is 11.6. The lowest BCUT2D eigenvalue weighted by molar-refractivity contribution is -0.140. The van der Waals surface area contributed by atoms with Crippen LogP contribution in [0.2, 0.25) is 0 Å². The van der Waals surface area contributed by atoms with Gasteiger partial charge in [-0.1, -0.05) is 23.1 Å². The Hall–Kier alpha value is -0.860. The minimum atomic E-state index is -0.138. The van der Waals surface area contributed by atoms with Gasteiger partial charge in [-0.25, -0.2) is 0 Å². The predicted molar refractivity (Wildman–Crippen MR) is 72.8 cm³/mol. The molecule has 0 aliphatic carbocycles. The first kappa shape index (κ1) is 13.1. The van der Waals surface area contributed by atoms with Gasteiger partial charge in [-0.15, -0.1) is 10.2 Å². The number of carbonyl (C=O) groups excluding carboxylic acids is 1. The maximum Gasteiger partial charge on any atom is 0.319 e. The van der Waals surface area contributed by atoms with Gasteiger partial charge < -0.3 is 14.4 Å². The van der Waals surface area contributed by atoms with Crippen LogP contribution in [0.1, 0.15) is 13.3 Å². The van der Waals surface area contributed by atoms with E-state index in [-0.39, 0.29) is 17.3 Å². The van der Waals surface area contributed by atoms with Gasteiger partial charge in [-0.3, -0.25) is 4.79 Å². The Morgan fingerprint density at radius 1 is 1.37 bits per heavy atom. The first-order valence-electron chi connectivity index (χ1n) is 6.26. The van der Waals surface area contributed by atoms with Gasteiger partial charge in [-0.05, 0) is 6.92 Å². The van der Waals surface area contributed by atoms with E-state index >= 15 is 0 Å². The molecule has 19 heavy (non-hydrogen) atoms. The van der Waals surface area contributed by atoms with E-state index in [1.807, 2.05) is 6.92 Å². The summed E-state index contributed by atoms with van der Waals surface area (Å²) in [5.74, 6) is -0.138. The number of nitrogens with zero attached hydrogens (tertiary/aromatic N) is 3. The number of aromatic nitrogens is 2. The lowest BCUT2D eigenvalue weighted by atomic mass is 10.3. The van der Waals surface area contributed by atoms with Gasteiger partial charge in [0.2, 0.25) is 5.13 Å². The Balaban J connectivity index is 1.63. The SMILES string of the molecule is CC1CC(Sc2nnc(N3CCOCC3)s2)C(=O)O1. The summed E-state index contributed by atoms with van der Waals surface area (Å²) in [6.45, 7) is 5.07. The van der Waals surface area contributed by atoms with Crippen LogP contribution in [0.5, 0.6) is 0 Å². The zero-order valence-electron chi connectivity index (χ0n) is 10.6. The van der Waals surface area contributed by atoms with Crippen molar-refractivity contribution in [2.24, 2.45) is 0 Å². The van der Waals surface area contributed by atoms with Crippen molar-refractivity contribution in [1.82, 2.24) is 10.2 Å². The van der Waals surface area contributed by atoms with Crippen LogP contribution < -0.4 is 4.90 Å². The smallest absolute Gasteiger partial charge is 0.319 e. The molecule has 1 aromatic rings. The molecule has 0 saturated carbocycles. The summed E-state index contributed by atoms with van der Waals surface area (Å²) >= 11 is 2.99. The molecule has 0 spiro atoms. The first-order valence-corrected chi connectivity index (χ1v) is 7.95. The molecule has 2 aliphatic heterocycles. The van der Waals surface area contributed by atoms with Crippen LogP contribution >= 0.6 is 23.1 Å². The third-order valence-electron chi connectivity index (χ3n) is 3.05. The fourth-order valence-electron chi connectivity index (χ4n) is 2.07. The maximum absolute atomic E-state index is 11.6. The largest absolute Gasteiger partial charge is 0.462 e. The molecule has 2 unspecified atom stereocenters. The number of carbonyl (C=O) groups is 1. The highest BCUT2D eigenvalue weighted by molar-refractivity contribution is 8.02. The second-order valence-electron chi connectivity index (χ2n) is 4.54. The number of anilines is 1. The van der Waals surface area contributed by atoms with Crippen molar-refractivity contribution in [3.05, 3.63) is 0 Å². The molecule has 0 radical (unpaired) electrons. The number of rotatable bonds is 3. The fourth-order valence-corrected chi connectivity index (χ4v) is 4.32. The van der Waals surface area contributed by atoms with Gasteiger partial charge in [0, 0.05) is 19.5 Å². The van der Waals surface area contributed by atoms with Crippen LogP contribution in [0.15, 0.2) is 4.34 Å². The molecular weight excluding hydrogens is 286 g/mol. The number of morpholine rings is 1. The van der Waals surface area contributed by atoms with Crippen LogP contribution in [-0.2, 0) is 14.3 Å². The van der Waals surface area contributed by atoms with Crippen molar-refractivity contribution >= 4 is 34.2 Å². The number of ether oxygens (including phenoxy) is 2. The van der Waals surface area contributed by atoms with Crippen molar-refractivity contribution in [1.29, 1.82) is 0 Å². The Morgan fingerprint density at radius 3 is 2.84 bits per heavy atom. The highest BCUT2D eigenvalue weighted by atomic mass is 32.2. The lowest BCUT2D eigenvalue weighted by Crippen LogP contribution is -2.36. The summed E-state index contributed by atoms with van der Waals surface area (Å²) < 4.78 is 11.3. The second-order valence-corrected chi connectivity index (χ2v) is 6.95. The monoisotopic (exact) mass is 301 g/mol. The number of esters is 1. The topological polar surface area (TPSA) is 64.5 Å². The minimum Gasteiger partial charge on any atom is -0.462 e. The molecule has 2 aliphatic rings. The Kier molecular flexibility index (Phi) is 3.90. The van der Waals surface area contributed by atoms with Crippen LogP contribution in [0.3, 0.4) is 0 Å². The number of thioether (sulfide) groups is 1. The van der Waals surface area contributed by atoms with Crippen molar-refractivity contribution in [2.45, 2.75) is 29.0 Å². The zero-order valence-corrected chi connectivity index (χ0v) is 12.2. The Labute approximate surface area is 119 Å². The number of cyclic esters (lactones) is 1. The molecule has 0 N–H and O–H groups in total. The molecule has 0 bridgehead atoms. The summed E-state index contributed by atoms with van der Waals surface area (Å²) in [7, 11) is 0. The van der Waals surface area contributed by atoms with Crippen molar-refractivity contribution in [3.8, 4) is 0 Å². The zero-order chi connectivity index (χ0) is 13.2. The van der Waals surface area contributed by atoms with Gasteiger partial charge in [0.1, 0.15) is 11.4 Å². The van der Waals surface area contributed by atoms with Gasteiger partial charge in [0.05, 0.1) is 13.2 Å². The Bertz CT molecular complexity index is 462. The van der Waals surface area contributed by atoms with E-state index in [4.69, 9.17) is 9.47 Å². The molecular formula is C11H15N3O3S2. The molecule has 0 amide bonds. The highest BCUT2D eigenvalue weighted by Crippen LogP contribution is 2.35. The van der Waals surface area contributed by atoms with Crippen molar-refractivity contribution < 1.29 is 14.3 Å². The van der Waals surface area contributed by atoms with Crippen molar-refractivity contribution in [2.75, 3.05) is 31.2 Å². The summed E-state index contributed by atoms with van der Waals surface area (Å²) in [4.78, 5) is 13.8.